The summed E-state index contributed by atoms with van der Waals surface area (Å²) < 4.78 is 0.949. The Morgan fingerprint density at radius 2 is 1.38 bits per heavy atom. The van der Waals surface area contributed by atoms with Crippen molar-refractivity contribution in [2.75, 3.05) is 0 Å². The predicted molar refractivity (Wildman–Crippen MR) is 141 cm³/mol. The van der Waals surface area contributed by atoms with E-state index in [0.717, 1.165) is 21.2 Å². The number of fused-ring (bicyclic) bond motifs is 4. The van der Waals surface area contributed by atoms with E-state index in [1.54, 1.807) is 12.1 Å². The summed E-state index contributed by atoms with van der Waals surface area (Å²) in [5.41, 5.74) is 7.11. The van der Waals surface area contributed by atoms with Gasteiger partial charge in [-0.2, -0.15) is 0 Å². The van der Waals surface area contributed by atoms with Gasteiger partial charge in [0, 0.05) is 16.0 Å². The normalized spacial score (nSPS) is 16.3. The second kappa shape index (κ2) is 7.64. The Kier molecular flexibility index (Phi) is 4.68. The van der Waals surface area contributed by atoms with E-state index in [0.29, 0.717) is 5.56 Å². The van der Waals surface area contributed by atoms with Gasteiger partial charge in [-0.05, 0) is 69.3 Å². The van der Waals surface area contributed by atoms with Crippen LogP contribution in [0.4, 0.5) is 5.69 Å². The molecule has 0 saturated heterocycles. The average Bonchev–Trinajstić information content (AvgIpc) is 3.13. The Bertz CT molecular complexity index is 1620. The molecule has 0 N–H and O–H groups in total. The lowest BCUT2D eigenvalue weighted by molar-refractivity contribution is -0.384. The van der Waals surface area contributed by atoms with Gasteiger partial charge in [0.25, 0.3) is 5.69 Å². The maximum atomic E-state index is 11.7. The van der Waals surface area contributed by atoms with Gasteiger partial charge < -0.3 is 0 Å². The van der Waals surface area contributed by atoms with Crippen molar-refractivity contribution in [3.63, 3.8) is 0 Å². The highest BCUT2D eigenvalue weighted by atomic mass is 79.9. The maximum Gasteiger partial charge on any atom is 0.277 e. The second-order valence-corrected chi connectivity index (χ2v) is 9.71. The topological polar surface area (TPSA) is 43.1 Å². The van der Waals surface area contributed by atoms with Gasteiger partial charge in [-0.15, -0.1) is 0 Å². The van der Waals surface area contributed by atoms with Crippen LogP contribution >= 0.6 is 15.9 Å². The molecule has 5 aromatic carbocycles. The molecule has 0 amide bonds. The van der Waals surface area contributed by atoms with Crippen LogP contribution < -0.4 is 0 Å². The molecule has 3 nitrogen and oxygen atoms in total. The summed E-state index contributed by atoms with van der Waals surface area (Å²) in [7, 11) is 0. The fourth-order valence-corrected chi connectivity index (χ4v) is 6.45. The molecule has 34 heavy (non-hydrogen) atoms. The molecular formula is C30H20BrNO2. The molecule has 0 heterocycles. The van der Waals surface area contributed by atoms with Crippen LogP contribution in [-0.4, -0.2) is 4.92 Å². The first kappa shape index (κ1) is 20.8. The van der Waals surface area contributed by atoms with Crippen molar-refractivity contribution in [1.29, 1.82) is 0 Å². The van der Waals surface area contributed by atoms with Crippen LogP contribution in [0.5, 0.6) is 0 Å². The van der Waals surface area contributed by atoms with Crippen molar-refractivity contribution in [3.05, 3.63) is 134 Å². The van der Waals surface area contributed by atoms with Gasteiger partial charge in [-0.1, -0.05) is 94.8 Å². The van der Waals surface area contributed by atoms with Crippen molar-refractivity contribution in [2.45, 2.75) is 12.3 Å². The number of nitro benzene ring substituents is 1. The van der Waals surface area contributed by atoms with Gasteiger partial charge in [0.2, 0.25) is 0 Å². The van der Waals surface area contributed by atoms with Gasteiger partial charge in [-0.25, -0.2) is 0 Å². The lowest BCUT2D eigenvalue weighted by Crippen LogP contribution is -2.23. The first-order valence-corrected chi connectivity index (χ1v) is 12.0. The second-order valence-electron chi connectivity index (χ2n) is 8.85. The fourth-order valence-electron chi connectivity index (χ4n) is 5.59. The molecule has 0 saturated carbocycles. The molecule has 0 spiro atoms. The zero-order valence-electron chi connectivity index (χ0n) is 18.5. The van der Waals surface area contributed by atoms with Crippen molar-refractivity contribution in [1.82, 2.24) is 0 Å². The van der Waals surface area contributed by atoms with Crippen LogP contribution in [0.2, 0.25) is 0 Å². The van der Waals surface area contributed by atoms with Crippen LogP contribution in [0, 0.1) is 10.1 Å². The number of halogens is 1. The quantitative estimate of drug-likeness (QED) is 0.182. The van der Waals surface area contributed by atoms with Gasteiger partial charge >= 0.3 is 0 Å². The largest absolute Gasteiger partial charge is 0.277 e. The molecule has 1 unspecified atom stereocenters. The highest BCUT2D eigenvalue weighted by Gasteiger charge is 2.43. The molecule has 6 rings (SSSR count). The molecule has 0 aromatic heterocycles. The van der Waals surface area contributed by atoms with Gasteiger partial charge in [-0.3, -0.25) is 10.1 Å². The first-order valence-electron chi connectivity index (χ1n) is 11.2. The molecule has 0 radical (unpaired) electrons. The third kappa shape index (κ3) is 2.88. The van der Waals surface area contributed by atoms with Crippen LogP contribution in [0.25, 0.3) is 33.0 Å². The van der Waals surface area contributed by atoms with Gasteiger partial charge in [0.1, 0.15) is 0 Å². The molecule has 1 atom stereocenters. The lowest BCUT2D eigenvalue weighted by atomic mass is 9.72. The molecule has 1 aliphatic carbocycles. The minimum absolute atomic E-state index is 0.109. The Hall–Kier alpha value is -3.76. The van der Waals surface area contributed by atoms with E-state index in [9.17, 15) is 10.1 Å². The fraction of sp³-hybridized carbons (Fsp3) is 0.0667. The zero-order valence-corrected chi connectivity index (χ0v) is 20.0. The van der Waals surface area contributed by atoms with Crippen LogP contribution in [0.1, 0.15) is 23.6 Å². The molecule has 0 bridgehead atoms. The molecule has 1 aliphatic rings. The average molecular weight is 506 g/mol. The number of hydrogen-bond donors (Lipinski definition) is 0. The van der Waals surface area contributed by atoms with E-state index in [1.165, 1.54) is 27.5 Å². The SMILES string of the molecule is CC1(c2cccc3ccccc23)c2ccccc2-c2cc(-c3ccccc3[N+](=O)[O-])cc(Br)c21. The molecule has 164 valence electrons. The Balaban J connectivity index is 1.68. The molecular weight excluding hydrogens is 486 g/mol. The summed E-state index contributed by atoms with van der Waals surface area (Å²) in [4.78, 5) is 11.4. The number of hydrogen-bond acceptors (Lipinski definition) is 2. The summed E-state index contributed by atoms with van der Waals surface area (Å²) >= 11 is 3.88. The van der Waals surface area contributed by atoms with Crippen molar-refractivity contribution >= 4 is 32.4 Å². The van der Waals surface area contributed by atoms with Crippen LogP contribution in [-0.2, 0) is 5.41 Å². The first-order chi connectivity index (χ1) is 16.5. The van der Waals surface area contributed by atoms with E-state index in [4.69, 9.17) is 0 Å². The number of rotatable bonds is 3. The molecule has 5 aromatic rings. The lowest BCUT2D eigenvalue weighted by Gasteiger charge is -2.30. The van der Waals surface area contributed by atoms with E-state index in [1.807, 2.05) is 18.2 Å². The maximum absolute atomic E-state index is 11.7. The number of nitro groups is 1. The van der Waals surface area contributed by atoms with E-state index >= 15 is 0 Å². The molecule has 0 aliphatic heterocycles. The van der Waals surface area contributed by atoms with E-state index in [2.05, 4.69) is 95.7 Å². The Morgan fingerprint density at radius 3 is 2.21 bits per heavy atom. The minimum Gasteiger partial charge on any atom is -0.258 e. The van der Waals surface area contributed by atoms with E-state index < -0.39 is 0 Å². The van der Waals surface area contributed by atoms with E-state index in [-0.39, 0.29) is 16.0 Å². The van der Waals surface area contributed by atoms with Gasteiger partial charge in [0.05, 0.1) is 10.5 Å². The Labute approximate surface area is 206 Å². The monoisotopic (exact) mass is 505 g/mol. The summed E-state index contributed by atoms with van der Waals surface area (Å²) in [6.07, 6.45) is 0. The summed E-state index contributed by atoms with van der Waals surface area (Å²) in [6, 6.07) is 34.5. The number of nitrogens with zero attached hydrogens (tertiary/aromatic N) is 1. The smallest absolute Gasteiger partial charge is 0.258 e. The third-order valence-corrected chi connectivity index (χ3v) is 7.71. The standard InChI is InChI=1S/C30H20BrNO2/c1-30(25-15-8-10-19-9-2-3-11-21(19)25)26-14-6-4-13-23(26)24-17-20(18-27(31)29(24)30)22-12-5-7-16-28(22)32(33)34/h2-18H,1H3. The van der Waals surface area contributed by atoms with Crippen molar-refractivity contribution < 1.29 is 4.92 Å². The van der Waals surface area contributed by atoms with Crippen molar-refractivity contribution in [2.24, 2.45) is 0 Å². The Morgan fingerprint density at radius 1 is 0.735 bits per heavy atom. The minimum atomic E-state index is -0.382. The molecule has 0 fully saturated rings. The van der Waals surface area contributed by atoms with Crippen molar-refractivity contribution in [3.8, 4) is 22.3 Å². The third-order valence-electron chi connectivity index (χ3n) is 7.09. The molecule has 4 heteroatoms. The zero-order chi connectivity index (χ0) is 23.4. The number of para-hydroxylation sites is 1. The summed E-state index contributed by atoms with van der Waals surface area (Å²) in [6.45, 7) is 2.29. The van der Waals surface area contributed by atoms with Gasteiger partial charge in [0.15, 0.2) is 0 Å². The highest BCUT2D eigenvalue weighted by Crippen LogP contribution is 2.56. The van der Waals surface area contributed by atoms with Crippen LogP contribution in [0.15, 0.2) is 108 Å². The summed E-state index contributed by atoms with van der Waals surface area (Å²) in [5.74, 6) is 0. The number of benzene rings is 5. The predicted octanol–water partition coefficient (Wildman–Crippen LogP) is 8.51. The highest BCUT2D eigenvalue weighted by molar-refractivity contribution is 9.10. The summed E-state index contributed by atoms with van der Waals surface area (Å²) in [5, 5.41) is 14.2. The van der Waals surface area contributed by atoms with Crippen LogP contribution in [0.3, 0.4) is 0 Å².